The number of hydrogen-bond acceptors (Lipinski definition) is 4. The average molecular weight is 277 g/mol. The molecule has 0 bridgehead atoms. The Bertz CT molecular complexity index is 539. The van der Waals surface area contributed by atoms with Crippen LogP contribution in [0.25, 0.3) is 0 Å². The van der Waals surface area contributed by atoms with Crippen molar-refractivity contribution in [1.82, 2.24) is 4.72 Å². The maximum atomic E-state index is 11.3. The summed E-state index contributed by atoms with van der Waals surface area (Å²) < 4.78 is 22.8. The van der Waals surface area contributed by atoms with E-state index in [0.717, 1.165) is 0 Å². The topological polar surface area (TPSA) is 92.3 Å². The molecule has 1 aromatic carbocycles. The minimum absolute atomic E-state index is 0.114. The Kier molecular flexibility index (Phi) is 4.08. The molecule has 0 spiro atoms. The first-order valence-electron chi connectivity index (χ1n) is 4.42. The molecule has 8 heteroatoms. The van der Waals surface area contributed by atoms with Gasteiger partial charge in [-0.15, -0.1) is 0 Å². The highest BCUT2D eigenvalue weighted by Gasteiger charge is 2.12. The lowest BCUT2D eigenvalue weighted by Gasteiger charge is -2.04. The molecule has 1 aromatic rings. The molecule has 2 N–H and O–H groups in total. The minimum Gasteiger partial charge on any atom is -0.326 e. The first-order chi connectivity index (χ1) is 7.78. The Morgan fingerprint density at radius 3 is 2.12 bits per heavy atom. The third kappa shape index (κ3) is 4.83. The van der Waals surface area contributed by atoms with Crippen molar-refractivity contribution in [2.45, 2.75) is 6.92 Å². The fourth-order valence-electron chi connectivity index (χ4n) is 1.08. The summed E-state index contributed by atoms with van der Waals surface area (Å²) in [5, 5.41) is 2.50. The summed E-state index contributed by atoms with van der Waals surface area (Å²) in [6.45, 7) is 1.35. The van der Waals surface area contributed by atoms with Crippen LogP contribution in [0, 0.1) is 0 Å². The van der Waals surface area contributed by atoms with Crippen molar-refractivity contribution < 1.29 is 18.0 Å². The number of anilines is 1. The maximum absolute atomic E-state index is 11.3. The lowest BCUT2D eigenvalue weighted by atomic mass is 10.2. The lowest BCUT2D eigenvalue weighted by Crippen LogP contribution is -2.26. The van der Waals surface area contributed by atoms with Gasteiger partial charge < -0.3 is 5.32 Å². The molecule has 0 aliphatic rings. The summed E-state index contributed by atoms with van der Waals surface area (Å²) in [5.41, 5.74) is 0.617. The molecular formula is C9H9ClN2O4S. The Morgan fingerprint density at radius 1 is 1.18 bits per heavy atom. The van der Waals surface area contributed by atoms with Crippen LogP contribution < -0.4 is 10.0 Å². The monoisotopic (exact) mass is 276 g/mol. The zero-order valence-corrected chi connectivity index (χ0v) is 10.3. The predicted octanol–water partition coefficient (Wildman–Crippen LogP) is 0.858. The van der Waals surface area contributed by atoms with E-state index in [1.807, 2.05) is 0 Å². The van der Waals surface area contributed by atoms with Gasteiger partial charge >= 0.3 is 9.24 Å². The number of benzene rings is 1. The fourth-order valence-corrected chi connectivity index (χ4v) is 1.63. The van der Waals surface area contributed by atoms with Crippen molar-refractivity contribution in [3.8, 4) is 0 Å². The van der Waals surface area contributed by atoms with E-state index in [2.05, 4.69) is 5.32 Å². The third-order valence-corrected chi connectivity index (χ3v) is 2.34. The molecule has 17 heavy (non-hydrogen) atoms. The van der Waals surface area contributed by atoms with Gasteiger partial charge in [-0.3, -0.25) is 9.59 Å². The molecule has 92 valence electrons. The Balaban J connectivity index is 2.81. The van der Waals surface area contributed by atoms with E-state index in [0.29, 0.717) is 5.69 Å². The van der Waals surface area contributed by atoms with E-state index in [9.17, 15) is 18.0 Å². The SMILES string of the molecule is CC(=O)Nc1ccc(C(=O)NS(=O)(=O)Cl)cc1. The average Bonchev–Trinajstić information content (AvgIpc) is 2.15. The summed E-state index contributed by atoms with van der Waals surface area (Å²) in [6.07, 6.45) is 0. The molecule has 0 saturated heterocycles. The van der Waals surface area contributed by atoms with E-state index in [4.69, 9.17) is 10.7 Å². The van der Waals surface area contributed by atoms with Gasteiger partial charge in [0.15, 0.2) is 0 Å². The van der Waals surface area contributed by atoms with Gasteiger partial charge in [0.25, 0.3) is 5.91 Å². The highest BCUT2D eigenvalue weighted by Crippen LogP contribution is 2.09. The van der Waals surface area contributed by atoms with Crippen LogP contribution in [0.4, 0.5) is 5.69 Å². The molecule has 0 aliphatic heterocycles. The van der Waals surface area contributed by atoms with Gasteiger partial charge in [0.05, 0.1) is 0 Å². The standard InChI is InChI=1S/C9H9ClN2O4S/c1-6(13)11-8-4-2-7(3-5-8)9(14)12-17(10,15)16/h2-5H,1H3,(H,11,13)(H,12,14). The van der Waals surface area contributed by atoms with Crippen LogP contribution in [0.3, 0.4) is 0 Å². The molecular weight excluding hydrogens is 268 g/mol. The lowest BCUT2D eigenvalue weighted by molar-refractivity contribution is -0.114. The van der Waals surface area contributed by atoms with Gasteiger partial charge in [-0.05, 0) is 24.3 Å². The normalized spacial score (nSPS) is 10.7. The zero-order chi connectivity index (χ0) is 13.1. The molecule has 6 nitrogen and oxygen atoms in total. The second-order valence-electron chi connectivity index (χ2n) is 3.13. The number of carbonyl (C=O) groups excluding carboxylic acids is 2. The first kappa shape index (κ1) is 13.5. The second kappa shape index (κ2) is 5.15. The summed E-state index contributed by atoms with van der Waals surface area (Å²) in [4.78, 5) is 22.1. The maximum Gasteiger partial charge on any atom is 0.321 e. The van der Waals surface area contributed by atoms with Gasteiger partial charge in [-0.25, -0.2) is 4.72 Å². The summed E-state index contributed by atoms with van der Waals surface area (Å²) >= 11 is 0. The molecule has 0 radical (unpaired) electrons. The van der Waals surface area contributed by atoms with Crippen molar-refractivity contribution in [1.29, 1.82) is 0 Å². The van der Waals surface area contributed by atoms with Crippen molar-refractivity contribution >= 4 is 37.4 Å². The van der Waals surface area contributed by atoms with Crippen molar-refractivity contribution in [3.05, 3.63) is 29.8 Å². The Hall–Kier alpha value is -1.60. The van der Waals surface area contributed by atoms with Crippen LogP contribution in [0.15, 0.2) is 24.3 Å². The van der Waals surface area contributed by atoms with Crippen LogP contribution in [0.2, 0.25) is 0 Å². The van der Waals surface area contributed by atoms with E-state index >= 15 is 0 Å². The molecule has 0 heterocycles. The number of carbonyl (C=O) groups is 2. The van der Waals surface area contributed by atoms with Gasteiger partial charge in [0.1, 0.15) is 0 Å². The minimum atomic E-state index is -4.10. The van der Waals surface area contributed by atoms with Crippen LogP contribution >= 0.6 is 10.7 Å². The molecule has 0 aliphatic carbocycles. The smallest absolute Gasteiger partial charge is 0.321 e. The van der Waals surface area contributed by atoms with Gasteiger partial charge in [0.2, 0.25) is 5.91 Å². The molecule has 1 rings (SSSR count). The number of halogens is 1. The van der Waals surface area contributed by atoms with E-state index in [1.165, 1.54) is 31.2 Å². The Morgan fingerprint density at radius 2 is 1.71 bits per heavy atom. The zero-order valence-electron chi connectivity index (χ0n) is 8.73. The molecule has 2 amide bonds. The fraction of sp³-hybridized carbons (Fsp3) is 0.111. The molecule has 0 unspecified atom stereocenters. The first-order valence-corrected chi connectivity index (χ1v) is 6.73. The quantitative estimate of drug-likeness (QED) is 0.801. The highest BCUT2D eigenvalue weighted by molar-refractivity contribution is 8.12. The Labute approximate surface area is 103 Å². The van der Waals surface area contributed by atoms with Crippen molar-refractivity contribution in [3.63, 3.8) is 0 Å². The van der Waals surface area contributed by atoms with Crippen LogP contribution in [-0.2, 0) is 14.0 Å². The molecule has 0 fully saturated rings. The number of hydrogen-bond donors (Lipinski definition) is 2. The van der Waals surface area contributed by atoms with Crippen LogP contribution in [0.5, 0.6) is 0 Å². The third-order valence-electron chi connectivity index (χ3n) is 1.68. The van der Waals surface area contributed by atoms with E-state index in [1.54, 1.807) is 4.72 Å². The number of amides is 2. The van der Waals surface area contributed by atoms with Crippen LogP contribution in [-0.4, -0.2) is 20.2 Å². The summed E-state index contributed by atoms with van der Waals surface area (Å²) in [5.74, 6) is -1.08. The van der Waals surface area contributed by atoms with Gasteiger partial charge in [0, 0.05) is 28.9 Å². The summed E-state index contributed by atoms with van der Waals surface area (Å²) in [7, 11) is 0.764. The molecule has 0 aromatic heterocycles. The summed E-state index contributed by atoms with van der Waals surface area (Å²) in [6, 6.07) is 5.67. The second-order valence-corrected chi connectivity index (χ2v) is 5.43. The van der Waals surface area contributed by atoms with Gasteiger partial charge in [-0.2, -0.15) is 8.42 Å². The number of rotatable bonds is 3. The van der Waals surface area contributed by atoms with E-state index < -0.39 is 15.1 Å². The molecule has 0 atom stereocenters. The number of nitrogens with one attached hydrogen (secondary N) is 2. The van der Waals surface area contributed by atoms with E-state index in [-0.39, 0.29) is 11.5 Å². The van der Waals surface area contributed by atoms with Crippen molar-refractivity contribution in [2.24, 2.45) is 0 Å². The highest BCUT2D eigenvalue weighted by atomic mass is 35.7. The largest absolute Gasteiger partial charge is 0.326 e. The predicted molar refractivity (Wildman–Crippen MR) is 63.0 cm³/mol. The van der Waals surface area contributed by atoms with Crippen molar-refractivity contribution in [2.75, 3.05) is 5.32 Å². The van der Waals surface area contributed by atoms with Gasteiger partial charge in [-0.1, -0.05) is 0 Å². The van der Waals surface area contributed by atoms with Crippen LogP contribution in [0.1, 0.15) is 17.3 Å². The molecule has 0 saturated carbocycles.